The molecular weight excluding hydrogens is 190 g/mol. The molecule has 4 heteroatoms. The SMILES string of the molecule is CCNC(=O)CNC(C)CC1CCCN1. The first-order valence-electron chi connectivity index (χ1n) is 5.95. The highest BCUT2D eigenvalue weighted by atomic mass is 16.1. The van der Waals surface area contributed by atoms with E-state index in [2.05, 4.69) is 22.9 Å². The Morgan fingerprint density at radius 2 is 2.40 bits per heavy atom. The third-order valence-corrected chi connectivity index (χ3v) is 2.79. The van der Waals surface area contributed by atoms with E-state index in [1.807, 2.05) is 6.92 Å². The van der Waals surface area contributed by atoms with Gasteiger partial charge in [0.15, 0.2) is 0 Å². The van der Waals surface area contributed by atoms with Crippen molar-refractivity contribution in [3.05, 3.63) is 0 Å². The topological polar surface area (TPSA) is 53.2 Å². The van der Waals surface area contributed by atoms with E-state index in [-0.39, 0.29) is 5.91 Å². The molecule has 0 radical (unpaired) electrons. The molecule has 1 amide bonds. The highest BCUT2D eigenvalue weighted by Crippen LogP contribution is 2.10. The van der Waals surface area contributed by atoms with Gasteiger partial charge in [-0.05, 0) is 39.7 Å². The third kappa shape index (κ3) is 5.14. The molecule has 88 valence electrons. The number of hydrogen-bond acceptors (Lipinski definition) is 3. The van der Waals surface area contributed by atoms with Crippen LogP contribution in [0, 0.1) is 0 Å². The standard InChI is InChI=1S/C11H23N3O/c1-3-12-11(15)8-14-9(2)7-10-5-4-6-13-10/h9-10,13-14H,3-8H2,1-2H3,(H,12,15). The van der Waals surface area contributed by atoms with Crippen molar-refractivity contribution in [3.63, 3.8) is 0 Å². The molecule has 0 saturated carbocycles. The Morgan fingerprint density at radius 1 is 1.60 bits per heavy atom. The molecular formula is C11H23N3O. The summed E-state index contributed by atoms with van der Waals surface area (Å²) < 4.78 is 0. The van der Waals surface area contributed by atoms with Crippen LogP contribution in [0.15, 0.2) is 0 Å². The van der Waals surface area contributed by atoms with E-state index in [9.17, 15) is 4.79 Å². The molecule has 2 atom stereocenters. The minimum Gasteiger partial charge on any atom is -0.355 e. The molecule has 1 fully saturated rings. The van der Waals surface area contributed by atoms with Crippen LogP contribution in [-0.2, 0) is 4.79 Å². The maximum absolute atomic E-state index is 11.2. The van der Waals surface area contributed by atoms with E-state index in [1.54, 1.807) is 0 Å². The fourth-order valence-corrected chi connectivity index (χ4v) is 1.99. The van der Waals surface area contributed by atoms with Crippen LogP contribution in [0.2, 0.25) is 0 Å². The van der Waals surface area contributed by atoms with Gasteiger partial charge in [0.05, 0.1) is 6.54 Å². The van der Waals surface area contributed by atoms with Gasteiger partial charge in [-0.2, -0.15) is 0 Å². The summed E-state index contributed by atoms with van der Waals surface area (Å²) in [5.74, 6) is 0.0868. The van der Waals surface area contributed by atoms with Crippen molar-refractivity contribution < 1.29 is 4.79 Å². The Morgan fingerprint density at radius 3 is 3.00 bits per heavy atom. The van der Waals surface area contributed by atoms with Crippen molar-refractivity contribution in [2.75, 3.05) is 19.6 Å². The van der Waals surface area contributed by atoms with Crippen molar-refractivity contribution in [1.82, 2.24) is 16.0 Å². The number of amides is 1. The predicted octanol–water partition coefficient (Wildman–Crippen LogP) is 0.243. The van der Waals surface area contributed by atoms with E-state index in [0.717, 1.165) is 13.0 Å². The van der Waals surface area contributed by atoms with Crippen LogP contribution in [-0.4, -0.2) is 37.6 Å². The monoisotopic (exact) mass is 213 g/mol. The molecule has 0 spiro atoms. The second kappa shape index (κ2) is 6.80. The highest BCUT2D eigenvalue weighted by Gasteiger charge is 2.16. The van der Waals surface area contributed by atoms with Crippen molar-refractivity contribution >= 4 is 5.91 Å². The first-order valence-corrected chi connectivity index (χ1v) is 5.95. The molecule has 1 aliphatic heterocycles. The molecule has 1 heterocycles. The molecule has 15 heavy (non-hydrogen) atoms. The molecule has 1 aliphatic rings. The number of nitrogens with one attached hydrogen (secondary N) is 3. The summed E-state index contributed by atoms with van der Waals surface area (Å²) in [6.45, 7) is 6.36. The van der Waals surface area contributed by atoms with Gasteiger partial charge in [-0.15, -0.1) is 0 Å². The maximum atomic E-state index is 11.2. The van der Waals surface area contributed by atoms with Gasteiger partial charge < -0.3 is 16.0 Å². The second-order valence-electron chi connectivity index (χ2n) is 4.26. The van der Waals surface area contributed by atoms with E-state index >= 15 is 0 Å². The van der Waals surface area contributed by atoms with Crippen LogP contribution in [0.4, 0.5) is 0 Å². The van der Waals surface area contributed by atoms with E-state index in [4.69, 9.17) is 0 Å². The summed E-state index contributed by atoms with van der Waals surface area (Å²) in [4.78, 5) is 11.2. The quantitative estimate of drug-likeness (QED) is 0.592. The number of carbonyl (C=O) groups excluding carboxylic acids is 1. The van der Waals surface area contributed by atoms with Crippen LogP contribution in [0.5, 0.6) is 0 Å². The Kier molecular flexibility index (Phi) is 5.65. The minimum absolute atomic E-state index is 0.0868. The van der Waals surface area contributed by atoms with Gasteiger partial charge in [-0.3, -0.25) is 4.79 Å². The van der Waals surface area contributed by atoms with E-state index in [0.29, 0.717) is 25.2 Å². The van der Waals surface area contributed by atoms with Crippen molar-refractivity contribution in [3.8, 4) is 0 Å². The Bertz CT molecular complexity index is 190. The Balaban J connectivity index is 2.07. The van der Waals surface area contributed by atoms with Crippen molar-refractivity contribution in [1.29, 1.82) is 0 Å². The van der Waals surface area contributed by atoms with Gasteiger partial charge in [-0.25, -0.2) is 0 Å². The zero-order chi connectivity index (χ0) is 11.1. The van der Waals surface area contributed by atoms with Crippen LogP contribution in [0.1, 0.15) is 33.1 Å². The molecule has 0 aromatic carbocycles. The normalized spacial score (nSPS) is 22.7. The third-order valence-electron chi connectivity index (χ3n) is 2.79. The number of likely N-dealkylation sites (N-methyl/N-ethyl adjacent to an activating group) is 1. The summed E-state index contributed by atoms with van der Waals surface area (Å²) in [5, 5.41) is 9.48. The predicted molar refractivity (Wildman–Crippen MR) is 61.8 cm³/mol. The molecule has 4 nitrogen and oxygen atoms in total. The lowest BCUT2D eigenvalue weighted by molar-refractivity contribution is -0.120. The average Bonchev–Trinajstić information content (AvgIpc) is 2.68. The van der Waals surface area contributed by atoms with Crippen LogP contribution in [0.3, 0.4) is 0 Å². The summed E-state index contributed by atoms with van der Waals surface area (Å²) in [6, 6.07) is 1.05. The second-order valence-corrected chi connectivity index (χ2v) is 4.26. The van der Waals surface area contributed by atoms with Crippen molar-refractivity contribution in [2.24, 2.45) is 0 Å². The van der Waals surface area contributed by atoms with Gasteiger partial charge in [0.1, 0.15) is 0 Å². The molecule has 3 N–H and O–H groups in total. The molecule has 0 aromatic rings. The van der Waals surface area contributed by atoms with Crippen LogP contribution < -0.4 is 16.0 Å². The fraction of sp³-hybridized carbons (Fsp3) is 0.909. The first-order chi connectivity index (χ1) is 7.22. The lowest BCUT2D eigenvalue weighted by atomic mass is 10.1. The van der Waals surface area contributed by atoms with Crippen LogP contribution in [0.25, 0.3) is 0 Å². The molecule has 1 saturated heterocycles. The van der Waals surface area contributed by atoms with E-state index in [1.165, 1.54) is 12.8 Å². The zero-order valence-corrected chi connectivity index (χ0v) is 9.81. The summed E-state index contributed by atoms with van der Waals surface area (Å²) in [7, 11) is 0. The molecule has 1 rings (SSSR count). The Labute approximate surface area is 92.2 Å². The van der Waals surface area contributed by atoms with Gasteiger partial charge in [0, 0.05) is 18.6 Å². The summed E-state index contributed by atoms with van der Waals surface area (Å²) in [5.41, 5.74) is 0. The van der Waals surface area contributed by atoms with Gasteiger partial charge in [0.25, 0.3) is 0 Å². The number of hydrogen-bond donors (Lipinski definition) is 3. The molecule has 0 aromatic heterocycles. The summed E-state index contributed by atoms with van der Waals surface area (Å²) >= 11 is 0. The largest absolute Gasteiger partial charge is 0.355 e. The Hall–Kier alpha value is -0.610. The average molecular weight is 213 g/mol. The lowest BCUT2D eigenvalue weighted by Crippen LogP contribution is -2.40. The van der Waals surface area contributed by atoms with E-state index < -0.39 is 0 Å². The first kappa shape index (κ1) is 12.5. The van der Waals surface area contributed by atoms with Gasteiger partial charge in [0.2, 0.25) is 5.91 Å². The molecule has 0 aliphatic carbocycles. The van der Waals surface area contributed by atoms with Crippen LogP contribution >= 0.6 is 0 Å². The molecule has 2 unspecified atom stereocenters. The smallest absolute Gasteiger partial charge is 0.233 e. The van der Waals surface area contributed by atoms with Gasteiger partial charge >= 0.3 is 0 Å². The number of rotatable bonds is 6. The summed E-state index contributed by atoms with van der Waals surface area (Å²) in [6.07, 6.45) is 3.67. The lowest BCUT2D eigenvalue weighted by Gasteiger charge is -2.17. The fourth-order valence-electron chi connectivity index (χ4n) is 1.99. The maximum Gasteiger partial charge on any atom is 0.233 e. The number of carbonyl (C=O) groups is 1. The van der Waals surface area contributed by atoms with Crippen molar-refractivity contribution in [2.45, 2.75) is 45.2 Å². The minimum atomic E-state index is 0.0868. The van der Waals surface area contributed by atoms with Gasteiger partial charge in [-0.1, -0.05) is 0 Å². The highest BCUT2D eigenvalue weighted by molar-refractivity contribution is 5.77. The molecule has 0 bridgehead atoms. The zero-order valence-electron chi connectivity index (χ0n) is 9.81.